The van der Waals surface area contributed by atoms with E-state index in [1.165, 1.54) is 0 Å². The third-order valence-corrected chi connectivity index (χ3v) is 5.00. The van der Waals surface area contributed by atoms with Crippen LogP contribution < -0.4 is 0 Å². The third-order valence-electron chi connectivity index (χ3n) is 5.00. The van der Waals surface area contributed by atoms with Crippen molar-refractivity contribution in [2.75, 3.05) is 45.8 Å². The number of hydrogen-bond acceptors (Lipinski definition) is 4. The maximum atomic E-state index is 12.4. The number of carbonyl (C=O) groups excluding carboxylic acids is 2. The second kappa shape index (κ2) is 6.66. The monoisotopic (exact) mass is 304 g/mol. The third kappa shape index (κ3) is 3.58. The molecule has 1 saturated carbocycles. The summed E-state index contributed by atoms with van der Waals surface area (Å²) in [6, 6.07) is 2.31. The van der Waals surface area contributed by atoms with E-state index in [4.69, 9.17) is 5.26 Å². The molecule has 2 amide bonds. The number of piperidine rings is 1. The number of piperazine rings is 1. The average Bonchev–Trinajstić information content (AvgIpc) is 3.40. The number of nitriles is 1. The molecule has 0 aromatic carbocycles. The molecule has 3 rings (SSSR count). The number of nitrogens with zero attached hydrogens (tertiary/aromatic N) is 4. The van der Waals surface area contributed by atoms with Crippen molar-refractivity contribution in [1.29, 1.82) is 5.26 Å². The van der Waals surface area contributed by atoms with Gasteiger partial charge in [-0.1, -0.05) is 0 Å². The molecule has 0 spiro atoms. The highest BCUT2D eigenvalue weighted by atomic mass is 16.2. The van der Waals surface area contributed by atoms with Gasteiger partial charge in [0, 0.05) is 38.0 Å². The van der Waals surface area contributed by atoms with Crippen LogP contribution in [0, 0.1) is 23.2 Å². The molecule has 6 nitrogen and oxygen atoms in total. The lowest BCUT2D eigenvalue weighted by molar-refractivity contribution is -0.141. The van der Waals surface area contributed by atoms with Crippen LogP contribution in [0.2, 0.25) is 0 Å². The molecule has 0 aromatic heterocycles. The Morgan fingerprint density at radius 1 is 0.909 bits per heavy atom. The highest BCUT2D eigenvalue weighted by molar-refractivity contribution is 5.82. The first-order valence-corrected chi connectivity index (χ1v) is 8.36. The van der Waals surface area contributed by atoms with E-state index in [1.54, 1.807) is 0 Å². The maximum absolute atomic E-state index is 12.4. The van der Waals surface area contributed by atoms with E-state index in [2.05, 4.69) is 11.0 Å². The minimum absolute atomic E-state index is 0.156. The lowest BCUT2D eigenvalue weighted by atomic mass is 9.99. The van der Waals surface area contributed by atoms with Gasteiger partial charge in [-0.25, -0.2) is 0 Å². The van der Waals surface area contributed by atoms with Gasteiger partial charge in [-0.15, -0.1) is 0 Å². The van der Waals surface area contributed by atoms with Crippen molar-refractivity contribution < 1.29 is 9.59 Å². The Balaban J connectivity index is 1.40. The highest BCUT2D eigenvalue weighted by Crippen LogP contribution is 2.31. The summed E-state index contributed by atoms with van der Waals surface area (Å²) in [7, 11) is 0. The number of carbonyl (C=O) groups is 2. The summed E-state index contributed by atoms with van der Waals surface area (Å²) in [6.45, 7) is 4.80. The SMILES string of the molecule is N#CC1CCN(CC(=O)N2CCN(C(=O)C3CC3)CC2)CC1. The van der Waals surface area contributed by atoms with E-state index >= 15 is 0 Å². The van der Waals surface area contributed by atoms with Crippen LogP contribution in [0.4, 0.5) is 0 Å². The molecule has 2 heterocycles. The topological polar surface area (TPSA) is 67.7 Å². The Hall–Kier alpha value is -1.61. The molecule has 0 radical (unpaired) electrons. The normalized spacial score (nSPS) is 24.1. The van der Waals surface area contributed by atoms with Crippen LogP contribution in [0.1, 0.15) is 25.7 Å². The summed E-state index contributed by atoms with van der Waals surface area (Å²) in [5.74, 6) is 0.867. The maximum Gasteiger partial charge on any atom is 0.236 e. The lowest BCUT2D eigenvalue weighted by Crippen LogP contribution is -2.53. The van der Waals surface area contributed by atoms with Crippen molar-refractivity contribution >= 4 is 11.8 Å². The van der Waals surface area contributed by atoms with Crippen molar-refractivity contribution in [3.8, 4) is 6.07 Å². The average molecular weight is 304 g/mol. The van der Waals surface area contributed by atoms with Crippen molar-refractivity contribution in [2.24, 2.45) is 11.8 Å². The van der Waals surface area contributed by atoms with Gasteiger partial charge < -0.3 is 9.80 Å². The van der Waals surface area contributed by atoms with Gasteiger partial charge in [0.2, 0.25) is 11.8 Å². The summed E-state index contributed by atoms with van der Waals surface area (Å²) in [5, 5.41) is 8.90. The van der Waals surface area contributed by atoms with E-state index in [9.17, 15) is 9.59 Å². The molecular weight excluding hydrogens is 280 g/mol. The number of hydrogen-bond donors (Lipinski definition) is 0. The minimum Gasteiger partial charge on any atom is -0.339 e. The van der Waals surface area contributed by atoms with E-state index in [0.717, 1.165) is 38.8 Å². The first-order chi connectivity index (χ1) is 10.7. The Morgan fingerprint density at radius 2 is 1.50 bits per heavy atom. The van der Waals surface area contributed by atoms with Crippen LogP contribution in [0.25, 0.3) is 0 Å². The van der Waals surface area contributed by atoms with Gasteiger partial charge in [0.15, 0.2) is 0 Å². The Kier molecular flexibility index (Phi) is 4.63. The zero-order chi connectivity index (χ0) is 15.5. The van der Waals surface area contributed by atoms with Gasteiger partial charge in [0.05, 0.1) is 12.6 Å². The highest BCUT2D eigenvalue weighted by Gasteiger charge is 2.35. The van der Waals surface area contributed by atoms with Crippen LogP contribution in [0.5, 0.6) is 0 Å². The van der Waals surface area contributed by atoms with Crippen LogP contribution in [0.15, 0.2) is 0 Å². The fourth-order valence-corrected chi connectivity index (χ4v) is 3.28. The summed E-state index contributed by atoms with van der Waals surface area (Å²) >= 11 is 0. The van der Waals surface area contributed by atoms with Gasteiger partial charge in [0.25, 0.3) is 0 Å². The molecule has 0 N–H and O–H groups in total. The Bertz CT molecular complexity index is 467. The minimum atomic E-state index is 0.156. The molecule has 22 heavy (non-hydrogen) atoms. The smallest absolute Gasteiger partial charge is 0.236 e. The first-order valence-electron chi connectivity index (χ1n) is 8.36. The van der Waals surface area contributed by atoms with Gasteiger partial charge in [-0.3, -0.25) is 14.5 Å². The number of amides is 2. The zero-order valence-corrected chi connectivity index (χ0v) is 13.0. The van der Waals surface area contributed by atoms with Crippen LogP contribution in [-0.4, -0.2) is 72.3 Å². The quantitative estimate of drug-likeness (QED) is 0.752. The van der Waals surface area contributed by atoms with E-state index in [0.29, 0.717) is 32.7 Å². The molecule has 0 bridgehead atoms. The fraction of sp³-hybridized carbons (Fsp3) is 0.812. The van der Waals surface area contributed by atoms with E-state index in [-0.39, 0.29) is 23.7 Å². The molecule has 0 atom stereocenters. The van der Waals surface area contributed by atoms with Crippen molar-refractivity contribution in [1.82, 2.24) is 14.7 Å². The predicted octanol–water partition coefficient (Wildman–Crippen LogP) is 0.303. The van der Waals surface area contributed by atoms with Crippen molar-refractivity contribution in [3.05, 3.63) is 0 Å². The molecule has 3 fully saturated rings. The van der Waals surface area contributed by atoms with E-state index < -0.39 is 0 Å². The van der Waals surface area contributed by atoms with Crippen LogP contribution in [0.3, 0.4) is 0 Å². The molecule has 6 heteroatoms. The molecule has 1 aliphatic carbocycles. The fourth-order valence-electron chi connectivity index (χ4n) is 3.28. The van der Waals surface area contributed by atoms with Crippen LogP contribution >= 0.6 is 0 Å². The zero-order valence-electron chi connectivity index (χ0n) is 13.0. The second-order valence-electron chi connectivity index (χ2n) is 6.66. The number of rotatable bonds is 3. The van der Waals surface area contributed by atoms with Crippen molar-refractivity contribution in [2.45, 2.75) is 25.7 Å². The summed E-state index contributed by atoms with van der Waals surface area (Å²) in [6.07, 6.45) is 3.81. The molecule has 2 aliphatic heterocycles. The lowest BCUT2D eigenvalue weighted by Gasteiger charge is -2.36. The predicted molar refractivity (Wildman–Crippen MR) is 80.7 cm³/mol. The molecule has 3 aliphatic rings. The Morgan fingerprint density at radius 3 is 2.05 bits per heavy atom. The number of likely N-dealkylation sites (tertiary alicyclic amines) is 1. The molecular formula is C16H24N4O2. The summed E-state index contributed by atoms with van der Waals surface area (Å²) in [5.41, 5.74) is 0. The van der Waals surface area contributed by atoms with Gasteiger partial charge >= 0.3 is 0 Å². The molecule has 0 unspecified atom stereocenters. The molecule has 2 saturated heterocycles. The van der Waals surface area contributed by atoms with Gasteiger partial charge in [-0.2, -0.15) is 5.26 Å². The first kappa shape index (κ1) is 15.3. The molecule has 0 aromatic rings. The van der Waals surface area contributed by atoms with Crippen molar-refractivity contribution in [3.63, 3.8) is 0 Å². The standard InChI is InChI=1S/C16H24N4O2/c17-11-13-3-5-18(6-4-13)12-15(21)19-7-9-20(10-8-19)16(22)14-1-2-14/h13-14H,1-10,12H2. The van der Waals surface area contributed by atoms with Gasteiger partial charge in [0.1, 0.15) is 0 Å². The van der Waals surface area contributed by atoms with Gasteiger partial charge in [-0.05, 0) is 38.8 Å². The summed E-state index contributed by atoms with van der Waals surface area (Å²) < 4.78 is 0. The Labute approximate surface area is 131 Å². The molecule has 120 valence electrons. The second-order valence-corrected chi connectivity index (χ2v) is 6.66. The largest absolute Gasteiger partial charge is 0.339 e. The summed E-state index contributed by atoms with van der Waals surface area (Å²) in [4.78, 5) is 30.3. The van der Waals surface area contributed by atoms with Crippen LogP contribution in [-0.2, 0) is 9.59 Å². The van der Waals surface area contributed by atoms with E-state index in [1.807, 2.05) is 9.80 Å².